The molecule has 0 saturated heterocycles. The van der Waals surface area contributed by atoms with Gasteiger partial charge in [-0.1, -0.05) is 0 Å². The van der Waals surface area contributed by atoms with Crippen LogP contribution in [0.5, 0.6) is 5.75 Å². The maximum absolute atomic E-state index is 12.6. The topological polar surface area (TPSA) is 41.6 Å². The fourth-order valence-electron chi connectivity index (χ4n) is 2.55. The summed E-state index contributed by atoms with van der Waals surface area (Å²) in [6, 6.07) is 13.3. The number of benzene rings is 2. The van der Waals surface area contributed by atoms with E-state index < -0.39 is 0 Å². The number of methoxy groups -OCH3 is 1. The Labute approximate surface area is 124 Å². The molecular formula is C17H18N2O2. The molecule has 2 aromatic rings. The van der Waals surface area contributed by atoms with E-state index in [9.17, 15) is 4.79 Å². The molecule has 1 heterocycles. The van der Waals surface area contributed by atoms with Crippen LogP contribution in [-0.4, -0.2) is 26.6 Å². The van der Waals surface area contributed by atoms with Crippen molar-refractivity contribution in [3.63, 3.8) is 0 Å². The van der Waals surface area contributed by atoms with Crippen LogP contribution in [0.2, 0.25) is 0 Å². The van der Waals surface area contributed by atoms with Crippen LogP contribution in [0.1, 0.15) is 15.9 Å². The first kappa shape index (κ1) is 13.5. The lowest BCUT2D eigenvalue weighted by atomic mass is 10.1. The van der Waals surface area contributed by atoms with Gasteiger partial charge in [-0.25, -0.2) is 0 Å². The maximum Gasteiger partial charge on any atom is 0.258 e. The van der Waals surface area contributed by atoms with Crippen molar-refractivity contribution < 1.29 is 9.53 Å². The van der Waals surface area contributed by atoms with E-state index in [0.29, 0.717) is 0 Å². The highest BCUT2D eigenvalue weighted by Crippen LogP contribution is 2.25. The molecule has 0 aromatic heterocycles. The summed E-state index contributed by atoms with van der Waals surface area (Å²) < 4.78 is 5.13. The molecule has 0 unspecified atom stereocenters. The molecule has 0 bridgehead atoms. The second kappa shape index (κ2) is 5.48. The zero-order chi connectivity index (χ0) is 14.8. The summed E-state index contributed by atoms with van der Waals surface area (Å²) in [6.45, 7) is 0.946. The first-order chi connectivity index (χ1) is 10.2. The lowest BCUT2D eigenvalue weighted by Crippen LogP contribution is -2.26. The molecular weight excluding hydrogens is 264 g/mol. The third-order valence-electron chi connectivity index (χ3n) is 3.83. The minimum Gasteiger partial charge on any atom is -0.497 e. The number of nitrogens with one attached hydrogen (secondary N) is 1. The monoisotopic (exact) mass is 282 g/mol. The van der Waals surface area contributed by atoms with Gasteiger partial charge in [-0.05, 0) is 54.4 Å². The van der Waals surface area contributed by atoms with Crippen molar-refractivity contribution in [2.75, 3.05) is 30.9 Å². The molecule has 0 atom stereocenters. The van der Waals surface area contributed by atoms with Crippen molar-refractivity contribution in [3.05, 3.63) is 53.6 Å². The van der Waals surface area contributed by atoms with Crippen molar-refractivity contribution in [2.45, 2.75) is 6.42 Å². The van der Waals surface area contributed by atoms with E-state index in [2.05, 4.69) is 5.32 Å². The van der Waals surface area contributed by atoms with Gasteiger partial charge < -0.3 is 15.0 Å². The summed E-state index contributed by atoms with van der Waals surface area (Å²) >= 11 is 0. The molecule has 4 heteroatoms. The van der Waals surface area contributed by atoms with Gasteiger partial charge in [0.25, 0.3) is 5.91 Å². The summed E-state index contributed by atoms with van der Waals surface area (Å²) in [6.07, 6.45) is 0.975. The normalized spacial score (nSPS) is 12.5. The van der Waals surface area contributed by atoms with Gasteiger partial charge in [0.1, 0.15) is 5.75 Å². The standard InChI is InChI=1S/C17H18N2O2/c1-19(14-4-6-15(21-2)7-5-14)17(20)13-3-8-16-12(11-13)9-10-18-16/h3-8,11,18H,9-10H2,1-2H3. The summed E-state index contributed by atoms with van der Waals surface area (Å²) in [4.78, 5) is 14.2. The third kappa shape index (κ3) is 2.57. The van der Waals surface area contributed by atoms with E-state index in [1.807, 2.05) is 42.5 Å². The van der Waals surface area contributed by atoms with E-state index in [-0.39, 0.29) is 5.91 Å². The van der Waals surface area contributed by atoms with Gasteiger partial charge in [0.2, 0.25) is 0 Å². The molecule has 2 aromatic carbocycles. The van der Waals surface area contributed by atoms with Crippen molar-refractivity contribution in [1.82, 2.24) is 0 Å². The van der Waals surface area contributed by atoms with Crippen LogP contribution in [0.3, 0.4) is 0 Å². The lowest BCUT2D eigenvalue weighted by molar-refractivity contribution is 0.0993. The van der Waals surface area contributed by atoms with Gasteiger partial charge in [0.05, 0.1) is 7.11 Å². The summed E-state index contributed by atoms with van der Waals surface area (Å²) in [5.41, 5.74) is 3.91. The zero-order valence-electron chi connectivity index (χ0n) is 12.2. The second-order valence-electron chi connectivity index (χ2n) is 5.11. The first-order valence-electron chi connectivity index (χ1n) is 6.98. The molecule has 21 heavy (non-hydrogen) atoms. The molecule has 108 valence electrons. The van der Waals surface area contributed by atoms with Crippen LogP contribution in [-0.2, 0) is 6.42 Å². The Morgan fingerprint density at radius 3 is 2.67 bits per heavy atom. The van der Waals surface area contributed by atoms with Crippen LogP contribution in [0.25, 0.3) is 0 Å². The van der Waals surface area contributed by atoms with Crippen LogP contribution >= 0.6 is 0 Å². The quantitative estimate of drug-likeness (QED) is 0.941. The fraction of sp³-hybridized carbons (Fsp3) is 0.235. The number of fused-ring (bicyclic) bond motifs is 1. The molecule has 1 aliphatic rings. The first-order valence-corrected chi connectivity index (χ1v) is 6.98. The van der Waals surface area contributed by atoms with Crippen LogP contribution in [0, 0.1) is 0 Å². The predicted octanol–water partition coefficient (Wildman–Crippen LogP) is 2.94. The van der Waals surface area contributed by atoms with Crippen molar-refractivity contribution in [3.8, 4) is 5.75 Å². The van der Waals surface area contributed by atoms with E-state index >= 15 is 0 Å². The molecule has 1 N–H and O–H groups in total. The van der Waals surface area contributed by atoms with E-state index in [1.165, 1.54) is 5.56 Å². The van der Waals surface area contributed by atoms with Gasteiger partial charge in [-0.15, -0.1) is 0 Å². The third-order valence-corrected chi connectivity index (χ3v) is 3.83. The number of hydrogen-bond acceptors (Lipinski definition) is 3. The SMILES string of the molecule is COc1ccc(N(C)C(=O)c2ccc3c(c2)CCN3)cc1. The Hall–Kier alpha value is -2.49. The zero-order valence-corrected chi connectivity index (χ0v) is 12.2. The van der Waals surface area contributed by atoms with Gasteiger partial charge in [-0.3, -0.25) is 4.79 Å². The highest BCUT2D eigenvalue weighted by atomic mass is 16.5. The molecule has 0 radical (unpaired) electrons. The smallest absolute Gasteiger partial charge is 0.258 e. The minimum atomic E-state index is -0.00475. The Morgan fingerprint density at radius 2 is 1.95 bits per heavy atom. The Morgan fingerprint density at radius 1 is 1.19 bits per heavy atom. The lowest BCUT2D eigenvalue weighted by Gasteiger charge is -2.18. The van der Waals surface area contributed by atoms with Crippen LogP contribution < -0.4 is 15.0 Å². The molecule has 0 saturated carbocycles. The molecule has 1 amide bonds. The second-order valence-corrected chi connectivity index (χ2v) is 5.11. The number of ether oxygens (including phenoxy) is 1. The predicted molar refractivity (Wildman–Crippen MR) is 84.4 cm³/mol. The highest BCUT2D eigenvalue weighted by Gasteiger charge is 2.17. The van der Waals surface area contributed by atoms with Gasteiger partial charge in [0.15, 0.2) is 0 Å². The molecule has 0 spiro atoms. The van der Waals surface area contributed by atoms with E-state index in [1.54, 1.807) is 19.1 Å². The van der Waals surface area contributed by atoms with E-state index in [0.717, 1.165) is 35.7 Å². The van der Waals surface area contributed by atoms with Crippen molar-refractivity contribution in [2.24, 2.45) is 0 Å². The number of anilines is 2. The van der Waals surface area contributed by atoms with Crippen molar-refractivity contribution >= 4 is 17.3 Å². The van der Waals surface area contributed by atoms with Crippen LogP contribution in [0.15, 0.2) is 42.5 Å². The number of rotatable bonds is 3. The fourth-order valence-corrected chi connectivity index (χ4v) is 2.55. The Bertz CT molecular complexity index is 665. The molecule has 4 nitrogen and oxygen atoms in total. The molecule has 3 rings (SSSR count). The maximum atomic E-state index is 12.6. The number of hydrogen-bond donors (Lipinski definition) is 1. The summed E-state index contributed by atoms with van der Waals surface area (Å²) in [7, 11) is 3.41. The molecule has 0 fully saturated rings. The Balaban J connectivity index is 1.83. The molecule has 0 aliphatic carbocycles. The average Bonchev–Trinajstić information content (AvgIpc) is 3.01. The van der Waals surface area contributed by atoms with Gasteiger partial charge in [0, 0.05) is 30.5 Å². The highest BCUT2D eigenvalue weighted by molar-refractivity contribution is 6.06. The number of carbonyl (C=O) groups excluding carboxylic acids is 1. The number of carbonyl (C=O) groups is 1. The van der Waals surface area contributed by atoms with Crippen LogP contribution in [0.4, 0.5) is 11.4 Å². The summed E-state index contributed by atoms with van der Waals surface area (Å²) in [5, 5.41) is 3.30. The van der Waals surface area contributed by atoms with E-state index in [4.69, 9.17) is 4.74 Å². The van der Waals surface area contributed by atoms with Crippen molar-refractivity contribution in [1.29, 1.82) is 0 Å². The van der Waals surface area contributed by atoms with Gasteiger partial charge in [-0.2, -0.15) is 0 Å². The number of nitrogens with zero attached hydrogens (tertiary/aromatic N) is 1. The number of amides is 1. The summed E-state index contributed by atoms with van der Waals surface area (Å²) in [5.74, 6) is 0.776. The largest absolute Gasteiger partial charge is 0.497 e. The van der Waals surface area contributed by atoms with Gasteiger partial charge >= 0.3 is 0 Å². The molecule has 1 aliphatic heterocycles. The minimum absolute atomic E-state index is 0.00475. The average molecular weight is 282 g/mol. The Kier molecular flexibility index (Phi) is 3.52.